The zero-order valence-electron chi connectivity index (χ0n) is 6.19. The third kappa shape index (κ3) is 2.51. The summed E-state index contributed by atoms with van der Waals surface area (Å²) in [6.07, 6.45) is -4.21. The first-order chi connectivity index (χ1) is 5.38. The number of nitrogens with zero attached hydrogens (tertiary/aromatic N) is 2. The van der Waals surface area contributed by atoms with Gasteiger partial charge in [-0.3, -0.25) is 4.68 Å². The zero-order valence-corrected chi connectivity index (χ0v) is 7.78. The van der Waals surface area contributed by atoms with Gasteiger partial charge >= 0.3 is 6.18 Å². The van der Waals surface area contributed by atoms with Crippen LogP contribution in [-0.4, -0.2) is 16.0 Å². The van der Waals surface area contributed by atoms with E-state index in [0.717, 1.165) is 4.68 Å². The molecule has 0 aromatic carbocycles. The molecule has 0 spiro atoms. The molecule has 0 unspecified atom stereocenters. The van der Waals surface area contributed by atoms with Crippen LogP contribution in [0.4, 0.5) is 13.2 Å². The van der Waals surface area contributed by atoms with Gasteiger partial charge in [0.1, 0.15) is 11.1 Å². The molecule has 0 aliphatic rings. The minimum absolute atomic E-state index is 0.421. The molecule has 12 heavy (non-hydrogen) atoms. The number of rotatable bonds is 1. The van der Waals surface area contributed by atoms with Crippen LogP contribution in [0.5, 0.6) is 0 Å². The third-order valence-electron chi connectivity index (χ3n) is 1.28. The van der Waals surface area contributed by atoms with Crippen molar-refractivity contribution in [3.63, 3.8) is 0 Å². The lowest BCUT2D eigenvalue weighted by Crippen LogP contribution is -2.19. The average molecular weight is 243 g/mol. The second kappa shape index (κ2) is 3.08. The maximum absolute atomic E-state index is 11.9. The van der Waals surface area contributed by atoms with Gasteiger partial charge in [-0.15, -0.1) is 0 Å². The van der Waals surface area contributed by atoms with E-state index in [1.165, 1.54) is 6.07 Å². The summed E-state index contributed by atoms with van der Waals surface area (Å²) < 4.78 is 36.9. The van der Waals surface area contributed by atoms with Gasteiger partial charge in [-0.1, -0.05) is 0 Å². The monoisotopic (exact) mass is 242 g/mol. The molecule has 68 valence electrons. The number of aromatic nitrogens is 2. The normalized spacial score (nSPS) is 12.1. The summed E-state index contributed by atoms with van der Waals surface area (Å²) in [6, 6.07) is 1.53. The van der Waals surface area contributed by atoms with Crippen LogP contribution in [0.3, 0.4) is 0 Å². The van der Waals surface area contributed by atoms with Crippen molar-refractivity contribution in [1.29, 1.82) is 0 Å². The van der Waals surface area contributed by atoms with Crippen LogP contribution in [0, 0.1) is 6.92 Å². The van der Waals surface area contributed by atoms with Gasteiger partial charge in [0, 0.05) is 5.69 Å². The van der Waals surface area contributed by atoms with Gasteiger partial charge in [-0.2, -0.15) is 18.3 Å². The number of aryl methyl sites for hydroxylation is 1. The van der Waals surface area contributed by atoms with Crippen LogP contribution >= 0.6 is 15.9 Å². The summed E-state index contributed by atoms with van der Waals surface area (Å²) in [6.45, 7) is 0.536. The van der Waals surface area contributed by atoms with E-state index in [2.05, 4.69) is 21.0 Å². The Bertz CT molecular complexity index is 279. The second-order valence-corrected chi connectivity index (χ2v) is 3.19. The Morgan fingerprint density at radius 3 is 2.50 bits per heavy atom. The van der Waals surface area contributed by atoms with Gasteiger partial charge in [-0.05, 0) is 28.9 Å². The predicted octanol–water partition coefficient (Wildman–Crippen LogP) is 2.52. The minimum atomic E-state index is -4.21. The van der Waals surface area contributed by atoms with Gasteiger partial charge in [0.2, 0.25) is 0 Å². The Balaban J connectivity index is 2.82. The van der Waals surface area contributed by atoms with E-state index in [1.807, 2.05) is 0 Å². The highest BCUT2D eigenvalue weighted by atomic mass is 79.9. The summed E-state index contributed by atoms with van der Waals surface area (Å²) in [5.74, 6) is 0. The first kappa shape index (κ1) is 9.57. The molecule has 0 N–H and O–H groups in total. The number of hydrogen-bond acceptors (Lipinski definition) is 1. The number of alkyl halides is 3. The summed E-state index contributed by atoms with van der Waals surface area (Å²) >= 11 is 2.99. The van der Waals surface area contributed by atoms with Crippen molar-refractivity contribution in [1.82, 2.24) is 9.78 Å². The van der Waals surface area contributed by atoms with Crippen molar-refractivity contribution < 1.29 is 13.2 Å². The van der Waals surface area contributed by atoms with Gasteiger partial charge in [0.15, 0.2) is 0 Å². The fourth-order valence-electron chi connectivity index (χ4n) is 0.800. The van der Waals surface area contributed by atoms with Crippen LogP contribution in [-0.2, 0) is 6.54 Å². The van der Waals surface area contributed by atoms with Crippen LogP contribution in [0.1, 0.15) is 5.69 Å². The van der Waals surface area contributed by atoms with Gasteiger partial charge in [-0.25, -0.2) is 0 Å². The molecule has 0 saturated heterocycles. The lowest BCUT2D eigenvalue weighted by Gasteiger charge is -2.07. The first-order valence-corrected chi connectivity index (χ1v) is 3.94. The van der Waals surface area contributed by atoms with Crippen molar-refractivity contribution in [2.45, 2.75) is 19.6 Å². The number of hydrogen-bond donors (Lipinski definition) is 0. The molecule has 0 aliphatic heterocycles. The maximum Gasteiger partial charge on any atom is 0.408 e. The topological polar surface area (TPSA) is 17.8 Å². The van der Waals surface area contributed by atoms with Crippen LogP contribution in [0.2, 0.25) is 0 Å². The van der Waals surface area contributed by atoms with Crippen LogP contribution in [0.25, 0.3) is 0 Å². The molecule has 1 rings (SSSR count). The van der Waals surface area contributed by atoms with Gasteiger partial charge in [0.25, 0.3) is 0 Å². The average Bonchev–Trinajstić information content (AvgIpc) is 2.06. The Kier molecular flexibility index (Phi) is 2.46. The molecule has 2 nitrogen and oxygen atoms in total. The van der Waals surface area contributed by atoms with E-state index < -0.39 is 12.7 Å². The van der Waals surface area contributed by atoms with Crippen molar-refractivity contribution in [3.8, 4) is 0 Å². The summed E-state index contributed by atoms with van der Waals surface area (Å²) in [5.41, 5.74) is 0.485. The Morgan fingerprint density at radius 2 is 2.17 bits per heavy atom. The van der Waals surface area contributed by atoms with E-state index >= 15 is 0 Å². The minimum Gasteiger partial charge on any atom is -0.260 e. The SMILES string of the molecule is Cc1cc(Br)nn1CC(F)(F)F. The van der Waals surface area contributed by atoms with Crippen LogP contribution < -0.4 is 0 Å². The highest BCUT2D eigenvalue weighted by Crippen LogP contribution is 2.19. The van der Waals surface area contributed by atoms with Crippen molar-refractivity contribution >= 4 is 15.9 Å². The molecule has 0 atom stereocenters. The van der Waals surface area contributed by atoms with E-state index in [-0.39, 0.29) is 0 Å². The van der Waals surface area contributed by atoms with E-state index in [1.54, 1.807) is 6.92 Å². The van der Waals surface area contributed by atoms with Crippen molar-refractivity contribution in [2.24, 2.45) is 0 Å². The fourth-order valence-corrected chi connectivity index (χ4v) is 1.32. The zero-order chi connectivity index (χ0) is 9.35. The number of halogens is 4. The molecule has 1 aromatic rings. The molecule has 1 heterocycles. The Hall–Kier alpha value is -0.520. The lowest BCUT2D eigenvalue weighted by atomic mass is 10.5. The van der Waals surface area contributed by atoms with Crippen LogP contribution in [0.15, 0.2) is 10.7 Å². The van der Waals surface area contributed by atoms with Crippen molar-refractivity contribution in [3.05, 3.63) is 16.4 Å². The Morgan fingerprint density at radius 1 is 1.58 bits per heavy atom. The van der Waals surface area contributed by atoms with Crippen molar-refractivity contribution in [2.75, 3.05) is 0 Å². The molecule has 0 bridgehead atoms. The molecule has 0 radical (unpaired) electrons. The third-order valence-corrected chi connectivity index (χ3v) is 1.67. The van der Waals surface area contributed by atoms with Gasteiger partial charge < -0.3 is 0 Å². The maximum atomic E-state index is 11.9. The van der Waals surface area contributed by atoms with E-state index in [0.29, 0.717) is 10.3 Å². The smallest absolute Gasteiger partial charge is 0.260 e. The molecular formula is C6H6BrF3N2. The lowest BCUT2D eigenvalue weighted by molar-refractivity contribution is -0.142. The fraction of sp³-hybridized carbons (Fsp3) is 0.500. The molecule has 6 heteroatoms. The molecular weight excluding hydrogens is 237 g/mol. The molecule has 0 aliphatic carbocycles. The molecule has 0 amide bonds. The summed E-state index contributed by atoms with van der Waals surface area (Å²) in [4.78, 5) is 0. The van der Waals surface area contributed by atoms with E-state index in [9.17, 15) is 13.2 Å². The molecule has 0 fully saturated rings. The second-order valence-electron chi connectivity index (χ2n) is 2.38. The van der Waals surface area contributed by atoms with E-state index in [4.69, 9.17) is 0 Å². The standard InChI is InChI=1S/C6H6BrF3N2/c1-4-2-5(7)11-12(4)3-6(8,9)10/h2H,3H2,1H3. The largest absolute Gasteiger partial charge is 0.408 e. The molecule has 0 saturated carbocycles. The summed E-state index contributed by atoms with van der Waals surface area (Å²) in [5, 5.41) is 3.61. The highest BCUT2D eigenvalue weighted by molar-refractivity contribution is 9.10. The quantitative estimate of drug-likeness (QED) is 0.740. The first-order valence-electron chi connectivity index (χ1n) is 3.15. The Labute approximate surface area is 75.5 Å². The molecule has 1 aromatic heterocycles. The summed E-state index contributed by atoms with van der Waals surface area (Å²) in [7, 11) is 0. The highest BCUT2D eigenvalue weighted by Gasteiger charge is 2.29. The predicted molar refractivity (Wildman–Crippen MR) is 40.7 cm³/mol. The van der Waals surface area contributed by atoms with Gasteiger partial charge in [0.05, 0.1) is 0 Å².